The zero-order chi connectivity index (χ0) is 18.6. The van der Waals surface area contributed by atoms with Crippen molar-refractivity contribution in [3.05, 3.63) is 34.9 Å². The lowest BCUT2D eigenvalue weighted by Crippen LogP contribution is -2.56. The highest BCUT2D eigenvalue weighted by Gasteiger charge is 2.37. The Morgan fingerprint density at radius 3 is 2.18 bits per heavy atom. The molecule has 1 aliphatic heterocycles. The monoisotopic (exact) mass is 305 g/mol. The van der Waals surface area contributed by atoms with Crippen LogP contribution in [0.1, 0.15) is 67.9 Å². The summed E-state index contributed by atoms with van der Waals surface area (Å²) in [6, 6.07) is 6.02. The molecule has 0 spiro atoms. The summed E-state index contributed by atoms with van der Waals surface area (Å²) in [6.45, 7) is 16.4. The third-order valence-electron chi connectivity index (χ3n) is 4.03. The Kier molecular flexibility index (Phi) is 3.78. The maximum Gasteiger partial charge on any atom is 0.0760 e. The molecule has 2 nitrogen and oxygen atoms in total. The summed E-state index contributed by atoms with van der Waals surface area (Å²) < 4.78 is 23.8. The number of benzene rings is 1. The first-order valence-corrected chi connectivity index (χ1v) is 8.21. The van der Waals surface area contributed by atoms with E-state index in [0.29, 0.717) is 13.1 Å². The summed E-state index contributed by atoms with van der Waals surface area (Å²) in [5, 5.41) is 0. The Bertz CT molecular complexity index is 599. The summed E-state index contributed by atoms with van der Waals surface area (Å²) in [7, 11) is 0. The van der Waals surface area contributed by atoms with Crippen LogP contribution in [0.4, 0.5) is 0 Å². The third-order valence-corrected chi connectivity index (χ3v) is 4.03. The van der Waals surface area contributed by atoms with Crippen molar-refractivity contribution in [3.8, 4) is 0 Å². The molecule has 0 atom stereocenters. The van der Waals surface area contributed by atoms with Gasteiger partial charge in [-0.3, -0.25) is 4.90 Å². The van der Waals surface area contributed by atoms with Crippen LogP contribution in [0.25, 0.3) is 0 Å². The van der Waals surface area contributed by atoms with Gasteiger partial charge in [0.25, 0.3) is 0 Å². The highest BCUT2D eigenvalue weighted by molar-refractivity contribution is 5.35. The van der Waals surface area contributed by atoms with Gasteiger partial charge in [-0.2, -0.15) is 0 Å². The second-order valence-electron chi connectivity index (χ2n) is 8.87. The first kappa shape index (κ1) is 14.7. The van der Waals surface area contributed by atoms with Gasteiger partial charge < -0.3 is 4.74 Å². The SMILES string of the molecule is [2H]C([2H])(c1ccc(C)c(C(C)(C)C)c1)N1CC(C)(C)OC(C)(C)C1. The van der Waals surface area contributed by atoms with Crippen molar-refractivity contribution < 1.29 is 7.48 Å². The van der Waals surface area contributed by atoms with Crippen LogP contribution < -0.4 is 0 Å². The molecule has 1 saturated heterocycles. The fourth-order valence-corrected chi connectivity index (χ4v) is 3.55. The minimum absolute atomic E-state index is 0.000274. The van der Waals surface area contributed by atoms with Crippen molar-refractivity contribution in [2.45, 2.75) is 78.5 Å². The van der Waals surface area contributed by atoms with Gasteiger partial charge in [-0.05, 0) is 56.7 Å². The Morgan fingerprint density at radius 2 is 1.68 bits per heavy atom. The molecule has 0 radical (unpaired) electrons. The van der Waals surface area contributed by atoms with Crippen LogP contribution in [0.3, 0.4) is 0 Å². The molecule has 1 aliphatic rings. The van der Waals surface area contributed by atoms with Gasteiger partial charge >= 0.3 is 0 Å². The molecule has 0 aliphatic carbocycles. The van der Waals surface area contributed by atoms with Crippen LogP contribution in [0.5, 0.6) is 0 Å². The number of rotatable bonds is 2. The molecule has 1 aromatic carbocycles. The van der Waals surface area contributed by atoms with Crippen molar-refractivity contribution in [1.29, 1.82) is 0 Å². The maximum absolute atomic E-state index is 8.82. The fourth-order valence-electron chi connectivity index (χ4n) is 3.55. The van der Waals surface area contributed by atoms with Gasteiger partial charge in [0.05, 0.1) is 11.2 Å². The minimum atomic E-state index is -1.52. The fraction of sp³-hybridized carbons (Fsp3) is 0.700. The van der Waals surface area contributed by atoms with E-state index in [1.807, 2.05) is 50.8 Å². The van der Waals surface area contributed by atoms with Crippen molar-refractivity contribution in [1.82, 2.24) is 4.90 Å². The van der Waals surface area contributed by atoms with E-state index in [-0.39, 0.29) is 16.6 Å². The average Bonchev–Trinajstić information content (AvgIpc) is 2.33. The van der Waals surface area contributed by atoms with Crippen LogP contribution in [-0.4, -0.2) is 29.2 Å². The van der Waals surface area contributed by atoms with E-state index in [1.54, 1.807) is 0 Å². The van der Waals surface area contributed by atoms with Gasteiger partial charge in [0.1, 0.15) is 0 Å². The molecule has 0 aromatic heterocycles. The number of morpholine rings is 1. The van der Waals surface area contributed by atoms with Crippen LogP contribution >= 0.6 is 0 Å². The van der Waals surface area contributed by atoms with E-state index in [9.17, 15) is 0 Å². The topological polar surface area (TPSA) is 12.5 Å². The Hall–Kier alpha value is -0.860. The number of hydrogen-bond acceptors (Lipinski definition) is 2. The predicted octanol–water partition coefficient (Wildman–Crippen LogP) is 4.68. The number of hydrogen-bond donors (Lipinski definition) is 0. The standard InChI is InChI=1S/C20H33NO/c1-15-9-10-16(11-17(15)18(2,3)4)12-21-13-19(5,6)22-20(7,8)14-21/h9-11H,12-14H2,1-8H3/i12D2. The summed E-state index contributed by atoms with van der Waals surface area (Å²) >= 11 is 0. The molecule has 0 unspecified atom stereocenters. The summed E-state index contributed by atoms with van der Waals surface area (Å²) in [4.78, 5) is 1.92. The highest BCUT2D eigenvalue weighted by Crippen LogP contribution is 2.30. The molecule has 22 heavy (non-hydrogen) atoms. The molecule has 1 heterocycles. The lowest BCUT2D eigenvalue weighted by atomic mass is 9.83. The first-order chi connectivity index (χ1) is 10.6. The van der Waals surface area contributed by atoms with Gasteiger partial charge in [0.2, 0.25) is 0 Å². The van der Waals surface area contributed by atoms with E-state index in [0.717, 1.165) is 5.56 Å². The normalized spacial score (nSPS) is 23.8. The molecular weight excluding hydrogens is 270 g/mol. The van der Waals surface area contributed by atoms with E-state index >= 15 is 0 Å². The van der Waals surface area contributed by atoms with E-state index < -0.39 is 6.50 Å². The van der Waals surface area contributed by atoms with Crippen molar-refractivity contribution in [2.24, 2.45) is 0 Å². The van der Waals surface area contributed by atoms with Crippen molar-refractivity contribution in [3.63, 3.8) is 0 Å². The highest BCUT2D eigenvalue weighted by atomic mass is 16.5. The van der Waals surface area contributed by atoms with Gasteiger partial charge in [0.15, 0.2) is 0 Å². The molecule has 1 aromatic rings. The van der Waals surface area contributed by atoms with E-state index in [2.05, 4.69) is 27.7 Å². The number of aryl methyl sites for hydroxylation is 1. The average molecular weight is 306 g/mol. The molecule has 0 N–H and O–H groups in total. The molecule has 0 amide bonds. The van der Waals surface area contributed by atoms with Crippen LogP contribution in [0.2, 0.25) is 0 Å². The Labute approximate surface area is 139 Å². The Balaban J connectivity index is 2.43. The van der Waals surface area contributed by atoms with Crippen LogP contribution in [0.15, 0.2) is 18.2 Å². The largest absolute Gasteiger partial charge is 0.367 e. The van der Waals surface area contributed by atoms with Crippen molar-refractivity contribution in [2.75, 3.05) is 13.1 Å². The zero-order valence-corrected chi connectivity index (χ0v) is 15.5. The Morgan fingerprint density at radius 1 is 1.14 bits per heavy atom. The maximum atomic E-state index is 8.82. The molecule has 2 rings (SSSR count). The van der Waals surface area contributed by atoms with E-state index in [4.69, 9.17) is 7.48 Å². The van der Waals surface area contributed by atoms with Crippen LogP contribution in [0, 0.1) is 6.92 Å². The molecular formula is C20H33NO. The summed E-state index contributed by atoms with van der Waals surface area (Å²) in [5.74, 6) is 0. The third kappa shape index (κ3) is 4.33. The number of nitrogens with zero attached hydrogens (tertiary/aromatic N) is 1. The van der Waals surface area contributed by atoms with Gasteiger partial charge in [0, 0.05) is 22.3 Å². The molecule has 1 fully saturated rings. The molecule has 0 saturated carbocycles. The van der Waals surface area contributed by atoms with Crippen molar-refractivity contribution >= 4 is 0 Å². The molecule has 0 bridgehead atoms. The second kappa shape index (κ2) is 5.65. The van der Waals surface area contributed by atoms with Gasteiger partial charge in [-0.1, -0.05) is 39.0 Å². The summed E-state index contributed by atoms with van der Waals surface area (Å²) in [6.07, 6.45) is 0. The lowest BCUT2D eigenvalue weighted by Gasteiger charge is -2.47. The summed E-state index contributed by atoms with van der Waals surface area (Å²) in [5.41, 5.74) is 2.41. The van der Waals surface area contributed by atoms with Gasteiger partial charge in [-0.15, -0.1) is 0 Å². The van der Waals surface area contributed by atoms with Crippen LogP contribution in [-0.2, 0) is 16.6 Å². The predicted molar refractivity (Wildman–Crippen MR) is 94.4 cm³/mol. The van der Waals surface area contributed by atoms with Gasteiger partial charge in [-0.25, -0.2) is 0 Å². The number of ether oxygens (including phenoxy) is 1. The zero-order valence-electron chi connectivity index (χ0n) is 17.5. The lowest BCUT2D eigenvalue weighted by molar-refractivity contribution is -0.182. The molecule has 2 heteroatoms. The smallest absolute Gasteiger partial charge is 0.0760 e. The minimum Gasteiger partial charge on any atom is -0.367 e. The quantitative estimate of drug-likeness (QED) is 0.786. The second-order valence-corrected chi connectivity index (χ2v) is 8.87. The first-order valence-electron chi connectivity index (χ1n) is 9.21. The van der Waals surface area contributed by atoms with E-state index in [1.165, 1.54) is 11.1 Å². The molecule has 124 valence electrons.